The molecule has 5 heteroatoms. The monoisotopic (exact) mass is 622 g/mol. The van der Waals surface area contributed by atoms with Crippen molar-refractivity contribution >= 4 is 53.6 Å². The summed E-state index contributed by atoms with van der Waals surface area (Å²) in [4.78, 5) is 8.89. The van der Waals surface area contributed by atoms with Gasteiger partial charge in [0, 0.05) is 5.97 Å². The fraction of sp³-hybridized carbons (Fsp3) is 0.0263. The summed E-state index contributed by atoms with van der Waals surface area (Å²) >= 11 is 0. The molecular formula is C38H33KO2P2. The van der Waals surface area contributed by atoms with Crippen LogP contribution in [0, 0.1) is 0 Å². The number of hydrogen-bond acceptors (Lipinski definition) is 2. The molecule has 0 aliphatic heterocycles. The molecule has 0 atom stereocenters. The average Bonchev–Trinajstić information content (AvgIpc) is 3.05. The summed E-state index contributed by atoms with van der Waals surface area (Å²) in [7, 11) is -0.892. The molecule has 0 spiro atoms. The van der Waals surface area contributed by atoms with E-state index in [1.165, 1.54) is 31.8 Å². The quantitative estimate of drug-likeness (QED) is 0.212. The van der Waals surface area contributed by atoms with E-state index < -0.39 is 21.8 Å². The van der Waals surface area contributed by atoms with Crippen molar-refractivity contribution in [2.75, 3.05) is 0 Å². The molecule has 0 fully saturated rings. The van der Waals surface area contributed by atoms with E-state index in [9.17, 15) is 0 Å². The minimum absolute atomic E-state index is 0. The smallest absolute Gasteiger partial charge is 0.550 e. The maximum atomic E-state index is 8.89. The van der Waals surface area contributed by atoms with E-state index in [-0.39, 0.29) is 51.4 Å². The second-order valence-corrected chi connectivity index (χ2v) is 13.6. The van der Waals surface area contributed by atoms with E-state index in [0.717, 1.165) is 6.92 Å². The van der Waals surface area contributed by atoms with Gasteiger partial charge in [-0.25, -0.2) is 0 Å². The number of carboxylic acid groups (broad SMARTS) is 1. The molecule has 0 amide bonds. The van der Waals surface area contributed by atoms with Gasteiger partial charge in [-0.3, -0.25) is 0 Å². The van der Waals surface area contributed by atoms with Crippen molar-refractivity contribution in [1.82, 2.24) is 0 Å². The Balaban J connectivity index is 0.000000206. The number of benzene rings is 6. The summed E-state index contributed by atoms with van der Waals surface area (Å²) in [5.74, 6) is -1.08. The van der Waals surface area contributed by atoms with Gasteiger partial charge in [-0.1, -0.05) is 182 Å². The van der Waals surface area contributed by atoms with E-state index in [1.807, 2.05) is 0 Å². The molecule has 2 nitrogen and oxygen atoms in total. The van der Waals surface area contributed by atoms with E-state index >= 15 is 0 Å². The molecule has 0 bridgehead atoms. The maximum absolute atomic E-state index is 8.89. The van der Waals surface area contributed by atoms with Crippen molar-refractivity contribution in [2.45, 2.75) is 6.92 Å². The van der Waals surface area contributed by atoms with Crippen LogP contribution in [0.1, 0.15) is 6.92 Å². The molecule has 0 unspecified atom stereocenters. The second kappa shape index (κ2) is 19.5. The third-order valence-electron chi connectivity index (χ3n) is 6.09. The van der Waals surface area contributed by atoms with Crippen LogP contribution in [0.25, 0.3) is 0 Å². The summed E-state index contributed by atoms with van der Waals surface area (Å²) in [5.41, 5.74) is 0. The number of aliphatic carboxylic acids is 1. The Labute approximate surface area is 300 Å². The van der Waals surface area contributed by atoms with E-state index in [2.05, 4.69) is 182 Å². The number of hydrogen-bond donors (Lipinski definition) is 0. The first kappa shape index (κ1) is 34.8. The molecule has 0 aliphatic carbocycles. The van der Waals surface area contributed by atoms with Gasteiger partial charge in [0.15, 0.2) is 0 Å². The van der Waals surface area contributed by atoms with Crippen LogP contribution >= 0.6 is 15.8 Å². The molecule has 6 rings (SSSR count). The zero-order chi connectivity index (χ0) is 29.4. The van der Waals surface area contributed by atoms with Crippen LogP contribution in [0.5, 0.6) is 0 Å². The van der Waals surface area contributed by atoms with E-state index in [1.54, 1.807) is 0 Å². The Hall–Kier alpha value is -2.71. The van der Waals surface area contributed by atoms with Gasteiger partial charge in [0.05, 0.1) is 0 Å². The Bertz CT molecular complexity index is 1280. The molecule has 0 saturated heterocycles. The first-order valence-electron chi connectivity index (χ1n) is 13.7. The summed E-state index contributed by atoms with van der Waals surface area (Å²) in [5, 5.41) is 17.3. The Morgan fingerprint density at radius 2 is 0.488 bits per heavy atom. The van der Waals surface area contributed by atoms with Crippen molar-refractivity contribution in [3.8, 4) is 0 Å². The van der Waals surface area contributed by atoms with Crippen molar-refractivity contribution < 1.29 is 61.3 Å². The number of carboxylic acids is 1. The van der Waals surface area contributed by atoms with Crippen LogP contribution in [0.4, 0.5) is 0 Å². The fourth-order valence-corrected chi connectivity index (χ4v) is 8.97. The predicted octanol–water partition coefficient (Wildman–Crippen LogP) is 2.65. The molecule has 0 aliphatic rings. The molecule has 208 valence electrons. The average molecular weight is 623 g/mol. The zero-order valence-electron chi connectivity index (χ0n) is 24.5. The first-order chi connectivity index (χ1) is 20.6. The van der Waals surface area contributed by atoms with Crippen LogP contribution in [0.2, 0.25) is 0 Å². The van der Waals surface area contributed by atoms with Gasteiger partial charge < -0.3 is 9.90 Å². The van der Waals surface area contributed by atoms with Gasteiger partial charge >= 0.3 is 51.4 Å². The summed E-state index contributed by atoms with van der Waals surface area (Å²) in [6.45, 7) is 0.972. The number of rotatable bonds is 6. The predicted molar refractivity (Wildman–Crippen MR) is 181 cm³/mol. The van der Waals surface area contributed by atoms with Crippen LogP contribution < -0.4 is 88.3 Å². The van der Waals surface area contributed by atoms with Crippen molar-refractivity contribution in [3.63, 3.8) is 0 Å². The van der Waals surface area contributed by atoms with Gasteiger partial charge in [0.25, 0.3) is 0 Å². The summed E-state index contributed by atoms with van der Waals surface area (Å²) in [6, 6.07) is 64.7. The molecule has 43 heavy (non-hydrogen) atoms. The van der Waals surface area contributed by atoms with Crippen molar-refractivity contribution in [1.29, 1.82) is 0 Å². The standard InChI is InChI=1S/2C18H15P.C2H4O2.K/c2*1-4-10-16(11-5-1)19(17-12-6-2-7-13-17)18-14-8-3-9-15-18;1-2(3)4;/h2*1-15H;1H3,(H,3,4);/q;;;+1/p-1. The minimum atomic E-state index is -1.08. The van der Waals surface area contributed by atoms with Gasteiger partial charge in [0.1, 0.15) is 0 Å². The molecule has 0 saturated carbocycles. The van der Waals surface area contributed by atoms with Crippen LogP contribution in [0.3, 0.4) is 0 Å². The third-order valence-corrected chi connectivity index (χ3v) is 11.0. The van der Waals surface area contributed by atoms with Gasteiger partial charge in [-0.2, -0.15) is 0 Å². The van der Waals surface area contributed by atoms with Gasteiger partial charge in [0.2, 0.25) is 0 Å². The number of carbonyl (C=O) groups is 1. The van der Waals surface area contributed by atoms with Crippen molar-refractivity contribution in [3.05, 3.63) is 182 Å². The summed E-state index contributed by atoms with van der Waals surface area (Å²) < 4.78 is 0. The Morgan fingerprint density at radius 3 is 0.605 bits per heavy atom. The fourth-order valence-electron chi connectivity index (χ4n) is 4.36. The third kappa shape index (κ3) is 11.4. The second-order valence-electron chi connectivity index (χ2n) is 9.18. The Kier molecular flexibility index (Phi) is 15.8. The molecule has 0 radical (unpaired) electrons. The molecule has 6 aromatic rings. The largest absolute Gasteiger partial charge is 1.00 e. The summed E-state index contributed by atoms with van der Waals surface area (Å²) in [6.07, 6.45) is 0. The van der Waals surface area contributed by atoms with Crippen LogP contribution in [-0.2, 0) is 4.79 Å². The molecular weight excluding hydrogens is 589 g/mol. The van der Waals surface area contributed by atoms with E-state index in [0.29, 0.717) is 0 Å². The molecule has 0 aromatic heterocycles. The molecule has 0 N–H and O–H groups in total. The van der Waals surface area contributed by atoms with Crippen LogP contribution in [0.15, 0.2) is 182 Å². The van der Waals surface area contributed by atoms with E-state index in [4.69, 9.17) is 9.90 Å². The SMILES string of the molecule is CC(=O)[O-].[K+].c1ccc(P(c2ccccc2)c2ccccc2)cc1.c1ccc(P(c2ccccc2)c2ccccc2)cc1. The minimum Gasteiger partial charge on any atom is -0.550 e. The maximum Gasteiger partial charge on any atom is 1.00 e. The normalized spacial score (nSPS) is 9.93. The topological polar surface area (TPSA) is 40.1 Å². The number of carbonyl (C=O) groups excluding carboxylic acids is 1. The van der Waals surface area contributed by atoms with Gasteiger partial charge in [-0.05, 0) is 54.6 Å². The zero-order valence-corrected chi connectivity index (χ0v) is 29.4. The molecule has 6 aromatic carbocycles. The first-order valence-corrected chi connectivity index (χ1v) is 16.4. The van der Waals surface area contributed by atoms with Crippen LogP contribution in [-0.4, -0.2) is 5.97 Å². The molecule has 0 heterocycles. The van der Waals surface area contributed by atoms with Crippen molar-refractivity contribution in [2.24, 2.45) is 0 Å². The Morgan fingerprint density at radius 1 is 0.372 bits per heavy atom. The van der Waals surface area contributed by atoms with Gasteiger partial charge in [-0.15, -0.1) is 0 Å².